The average Bonchev–Trinajstić information content (AvgIpc) is 0.801. The predicted molar refractivity (Wildman–Crippen MR) is 338 cm³/mol. The van der Waals surface area contributed by atoms with Crippen molar-refractivity contribution in [2.45, 2.75) is 192 Å². The van der Waals surface area contributed by atoms with Crippen molar-refractivity contribution >= 4 is 47.3 Å². The molecular formula is C66H98N10O15. The number of nitrogens with two attached hydrogens (primary N) is 1. The normalized spacial score (nSPS) is 33.8. The highest BCUT2D eigenvalue weighted by atomic mass is 16.6. The molecule has 91 heavy (non-hydrogen) atoms. The number of aliphatic hydroxyl groups is 3. The molecule has 5 aliphatic rings. The fourth-order valence-corrected chi connectivity index (χ4v) is 13.0. The third kappa shape index (κ3) is 19.0. The van der Waals surface area contributed by atoms with Gasteiger partial charge >= 0.3 is 12.1 Å². The Morgan fingerprint density at radius 1 is 0.758 bits per heavy atom. The second-order valence-electron chi connectivity index (χ2n) is 25.4. The quantitative estimate of drug-likeness (QED) is 0.0938. The van der Waals surface area contributed by atoms with Crippen molar-refractivity contribution in [2.75, 3.05) is 70.9 Å². The molecule has 2 aromatic heterocycles. The number of nitrogens with zero attached hydrogens (tertiary/aromatic N) is 7. The third-order valence-corrected chi connectivity index (χ3v) is 18.8. The van der Waals surface area contributed by atoms with E-state index in [4.69, 9.17) is 34.2 Å². The molecule has 16 atom stereocenters. The van der Waals surface area contributed by atoms with Gasteiger partial charge in [0.25, 0.3) is 17.6 Å². The number of allylic oxidation sites excluding steroid dienone is 5. The van der Waals surface area contributed by atoms with Crippen LogP contribution in [0.4, 0.5) is 16.7 Å². The smallest absolute Gasteiger partial charge is 0.407 e. The van der Waals surface area contributed by atoms with E-state index in [-0.39, 0.29) is 50.1 Å². The number of alkyl carbamates (subject to hydrolysis) is 1. The van der Waals surface area contributed by atoms with Gasteiger partial charge in [-0.1, -0.05) is 64.2 Å². The molecule has 1 saturated carbocycles. The number of hydrogen-bond acceptors (Lipinski definition) is 22. The number of hydrogen-bond donors (Lipinski definition) is 6. The molecule has 6 heterocycles. The van der Waals surface area contributed by atoms with Crippen LogP contribution in [0.25, 0.3) is 0 Å². The topological polar surface area (TPSA) is 330 Å². The number of esters is 1. The van der Waals surface area contributed by atoms with E-state index in [1.54, 1.807) is 60.5 Å². The summed E-state index contributed by atoms with van der Waals surface area (Å²) in [6, 6.07) is -2.03. The Labute approximate surface area is 534 Å². The fraction of sp³-hybridized carbons (Fsp3) is 0.667. The van der Waals surface area contributed by atoms with Gasteiger partial charge in [0, 0.05) is 135 Å². The third-order valence-electron chi connectivity index (χ3n) is 18.8. The molecular weight excluding hydrogens is 1170 g/mol. The van der Waals surface area contributed by atoms with E-state index in [9.17, 15) is 44.1 Å². The Kier molecular flexibility index (Phi) is 26.7. The van der Waals surface area contributed by atoms with Crippen LogP contribution < -0.4 is 26.2 Å². The molecule has 2 aromatic rings. The van der Waals surface area contributed by atoms with E-state index < -0.39 is 114 Å². The predicted octanol–water partition coefficient (Wildman–Crippen LogP) is 4.86. The lowest BCUT2D eigenvalue weighted by Gasteiger charge is -2.43. The number of rotatable bonds is 12. The number of aliphatic hydroxyl groups excluding tert-OH is 2. The van der Waals surface area contributed by atoms with Crippen LogP contribution in [0, 0.1) is 29.6 Å². The van der Waals surface area contributed by atoms with Gasteiger partial charge in [-0.25, -0.2) is 29.5 Å². The van der Waals surface area contributed by atoms with E-state index in [1.165, 1.54) is 24.4 Å². The van der Waals surface area contributed by atoms with Gasteiger partial charge in [-0.05, 0) is 101 Å². The molecule has 3 amide bonds. The summed E-state index contributed by atoms with van der Waals surface area (Å²) in [5.74, 6) is -7.13. The zero-order valence-electron chi connectivity index (χ0n) is 54.6. The number of nitrogens with one attached hydrogen (secondary N) is 2. The molecule has 0 radical (unpaired) electrons. The molecule has 0 spiro atoms. The molecule has 25 nitrogen and oxygen atoms in total. The van der Waals surface area contributed by atoms with E-state index in [2.05, 4.69) is 30.6 Å². The number of ketones is 2. The summed E-state index contributed by atoms with van der Waals surface area (Å²) < 4.78 is 36.4. The van der Waals surface area contributed by atoms with Gasteiger partial charge in [-0.15, -0.1) is 0 Å². The molecule has 25 heteroatoms. The summed E-state index contributed by atoms with van der Waals surface area (Å²) >= 11 is 0. The molecule has 4 aliphatic heterocycles. The second-order valence-corrected chi connectivity index (χ2v) is 25.4. The Hall–Kier alpha value is -6.58. The number of Topliss-reactive ketones (excluding diaryl/α,β-unsaturated/α-hetero) is 2. The summed E-state index contributed by atoms with van der Waals surface area (Å²) in [6.45, 7) is 13.3. The maximum atomic E-state index is 14.8. The standard InChI is InChI=1S/C66H98N10O15/c1-39-16-12-11-13-17-40(2)52(86-8)32-48-21-19-44(6)66(85,91-48)59(80)61(82)76-23-15-14-18-50(76)62(83)89-54(33-53(87-9)41(3)29-43(5)57(78)58(79)56(77)42(4)28-39)49(67)30-45-20-22-51(55(31-45)88-10)90-65(84)73-36-46-34-69-63(70-35-46)74-24-26-75(27-25-74)64-71-37-47(38-72-64)60(81)68-7/h11-13,16-17,29,34-35,37-39,41-42,44-45,48-55,57-58,78-79,85H,14-15,18-28,30-33,36,67H2,1-10H3,(H,68,81)(H,73,84)/b13-11+,16-12+,40-17+,43-29+/t39-,41-,42-,44-,45+,48+,49-,50+,51-,52+,53-,54+,55-,57-,58+,66-/m1/s1. The van der Waals surface area contributed by atoms with E-state index >= 15 is 0 Å². The SMILES string of the molecule is CNC(=O)c1cnc(N2CCN(c3ncc(CNC(=O)O[C@@H]4CC[C@@H](C[C@@H](N)[C@@H]5C[C@@H](OC)[C@H](C)/C=C(\C)[C@@H](O)[C@@H](O)C(=O)[C@H](C)C[C@H](C)/C=C/C=C/C=C(\C)[C@@H](OC)C[C@@H]6CC[C@@H](C)[C@@](O)(O6)C(=O)C(=O)N6CCCC[C@H]6C(=O)O5)C[C@H]4OC)cn3)CC2)nc1. The number of cyclic esters (lactones) is 1. The lowest BCUT2D eigenvalue weighted by molar-refractivity contribution is -0.265. The van der Waals surface area contributed by atoms with Crippen molar-refractivity contribution in [3.05, 3.63) is 83.5 Å². The van der Waals surface area contributed by atoms with Gasteiger partial charge in [0.15, 0.2) is 5.78 Å². The average molecular weight is 1270 g/mol. The monoisotopic (exact) mass is 1270 g/mol. The summed E-state index contributed by atoms with van der Waals surface area (Å²) in [6.07, 6.45) is 14.2. The summed E-state index contributed by atoms with van der Waals surface area (Å²) in [4.78, 5) is 106. The molecule has 7 N–H and O–H groups in total. The molecule has 502 valence electrons. The minimum atomic E-state index is -2.48. The van der Waals surface area contributed by atoms with Crippen LogP contribution in [0.5, 0.6) is 0 Å². The number of piperidine rings is 1. The van der Waals surface area contributed by atoms with E-state index in [0.29, 0.717) is 113 Å². The number of carbonyl (C=O) groups excluding carboxylic acids is 6. The molecule has 2 bridgehead atoms. The lowest BCUT2D eigenvalue weighted by atomic mass is 9.80. The number of ether oxygens (including phenoxy) is 6. The van der Waals surface area contributed by atoms with Crippen LogP contribution in [0.1, 0.15) is 135 Å². The van der Waals surface area contributed by atoms with Crippen molar-refractivity contribution < 1.29 is 72.5 Å². The first-order valence-electron chi connectivity index (χ1n) is 32.2. The van der Waals surface area contributed by atoms with E-state index in [0.717, 1.165) is 5.57 Å². The second kappa shape index (κ2) is 33.8. The van der Waals surface area contributed by atoms with Gasteiger partial charge in [0.2, 0.25) is 17.7 Å². The zero-order valence-corrected chi connectivity index (χ0v) is 54.6. The number of aromatic nitrogens is 4. The Morgan fingerprint density at radius 2 is 1.42 bits per heavy atom. The first-order chi connectivity index (χ1) is 43.5. The van der Waals surface area contributed by atoms with Gasteiger partial charge in [-0.3, -0.25) is 19.2 Å². The minimum Gasteiger partial charge on any atom is -0.459 e. The molecule has 4 fully saturated rings. The zero-order chi connectivity index (χ0) is 66.1. The minimum absolute atomic E-state index is 0.0401. The maximum absolute atomic E-state index is 14.8. The maximum Gasteiger partial charge on any atom is 0.407 e. The highest BCUT2D eigenvalue weighted by Gasteiger charge is 2.53. The molecule has 7 rings (SSSR count). The highest BCUT2D eigenvalue weighted by Crippen LogP contribution is 2.38. The lowest BCUT2D eigenvalue weighted by Crippen LogP contribution is -2.61. The Bertz CT molecular complexity index is 2890. The van der Waals surface area contributed by atoms with Crippen molar-refractivity contribution in [3.63, 3.8) is 0 Å². The first kappa shape index (κ1) is 71.9. The summed E-state index contributed by atoms with van der Waals surface area (Å²) in [5.41, 5.74) is 9.38. The van der Waals surface area contributed by atoms with Gasteiger partial charge in [0.05, 0.1) is 30.0 Å². The van der Waals surface area contributed by atoms with Crippen LogP contribution in [0.2, 0.25) is 0 Å². The summed E-state index contributed by atoms with van der Waals surface area (Å²) in [7, 11) is 6.16. The van der Waals surface area contributed by atoms with E-state index in [1.807, 2.05) is 61.0 Å². The van der Waals surface area contributed by atoms with Crippen LogP contribution in [0.3, 0.4) is 0 Å². The Morgan fingerprint density at radius 3 is 2.05 bits per heavy atom. The number of piperazine rings is 1. The first-order valence-corrected chi connectivity index (χ1v) is 32.2. The van der Waals surface area contributed by atoms with Crippen molar-refractivity contribution in [3.8, 4) is 0 Å². The van der Waals surface area contributed by atoms with Crippen molar-refractivity contribution in [1.82, 2.24) is 35.5 Å². The number of amides is 3. The largest absolute Gasteiger partial charge is 0.459 e. The molecule has 0 unspecified atom stereocenters. The van der Waals surface area contributed by atoms with Crippen LogP contribution in [0.15, 0.2) is 72.4 Å². The van der Waals surface area contributed by atoms with Crippen molar-refractivity contribution in [1.29, 1.82) is 0 Å². The number of carbonyl (C=O) groups is 6. The molecule has 3 saturated heterocycles. The molecule has 1 aliphatic carbocycles. The summed E-state index contributed by atoms with van der Waals surface area (Å²) in [5, 5.41) is 40.2. The Balaban J connectivity index is 1.03. The van der Waals surface area contributed by atoms with Gasteiger partial charge in [-0.2, -0.15) is 0 Å². The van der Waals surface area contributed by atoms with Crippen molar-refractivity contribution in [2.24, 2.45) is 35.3 Å². The molecule has 0 aromatic carbocycles. The highest BCUT2D eigenvalue weighted by molar-refractivity contribution is 6.39. The van der Waals surface area contributed by atoms with Gasteiger partial charge < -0.3 is 74.8 Å². The number of fused-ring (bicyclic) bond motifs is 3. The van der Waals surface area contributed by atoms with Gasteiger partial charge in [0.1, 0.15) is 30.5 Å². The fourth-order valence-electron chi connectivity index (χ4n) is 13.0. The van der Waals surface area contributed by atoms with Crippen LogP contribution in [-0.4, -0.2) is 203 Å². The van der Waals surface area contributed by atoms with Crippen LogP contribution >= 0.6 is 0 Å². The van der Waals surface area contributed by atoms with Crippen LogP contribution in [-0.2, 0) is 54.1 Å². The number of methoxy groups -OCH3 is 3. The number of anilines is 2.